The van der Waals surface area contributed by atoms with Crippen molar-refractivity contribution in [3.05, 3.63) is 59.3 Å². The third-order valence-corrected chi connectivity index (χ3v) is 2.43. The van der Waals surface area contributed by atoms with Crippen molar-refractivity contribution in [2.24, 2.45) is 0 Å². The fourth-order valence-electron chi connectivity index (χ4n) is 1.53. The number of hydrogen-bond acceptors (Lipinski definition) is 2. The Hall–Kier alpha value is -1.82. The normalized spacial score (nSPS) is 13.6. The molecule has 6 heteroatoms. The molecule has 1 unspecified atom stereocenters. The first kappa shape index (κ1) is 12.6. The molecule has 1 heterocycles. The number of benzene rings is 1. The first-order valence-electron chi connectivity index (χ1n) is 4.97. The molecule has 2 nitrogen and oxygen atoms in total. The Morgan fingerprint density at radius 3 is 2.44 bits per heavy atom. The van der Waals surface area contributed by atoms with Gasteiger partial charge in [-0.3, -0.25) is 0 Å². The van der Waals surface area contributed by atoms with Gasteiger partial charge >= 0.3 is 6.18 Å². The van der Waals surface area contributed by atoms with E-state index in [1.165, 1.54) is 18.4 Å². The summed E-state index contributed by atoms with van der Waals surface area (Å²) < 4.78 is 55.7. The highest BCUT2D eigenvalue weighted by molar-refractivity contribution is 5.32. The second-order valence-electron chi connectivity index (χ2n) is 3.65. The van der Waals surface area contributed by atoms with Gasteiger partial charge in [-0.25, -0.2) is 4.39 Å². The number of halogens is 4. The van der Waals surface area contributed by atoms with Gasteiger partial charge in [0, 0.05) is 5.56 Å². The van der Waals surface area contributed by atoms with Gasteiger partial charge in [0.25, 0.3) is 0 Å². The van der Waals surface area contributed by atoms with Gasteiger partial charge in [-0.15, -0.1) is 0 Å². The molecule has 0 radical (unpaired) electrons. The Balaban J connectivity index is 2.44. The Morgan fingerprint density at radius 1 is 1.17 bits per heavy atom. The van der Waals surface area contributed by atoms with Crippen molar-refractivity contribution in [2.75, 3.05) is 0 Å². The van der Waals surface area contributed by atoms with Crippen LogP contribution in [0.15, 0.2) is 41.0 Å². The number of furan rings is 1. The number of hydrogen-bond donors (Lipinski definition) is 1. The van der Waals surface area contributed by atoms with Gasteiger partial charge < -0.3 is 9.52 Å². The van der Waals surface area contributed by atoms with Crippen LogP contribution in [0.3, 0.4) is 0 Å². The zero-order chi connectivity index (χ0) is 13.3. The summed E-state index contributed by atoms with van der Waals surface area (Å²) in [5.74, 6) is -0.944. The Bertz CT molecular complexity index is 532. The first-order chi connectivity index (χ1) is 8.39. The molecule has 1 atom stereocenters. The van der Waals surface area contributed by atoms with Gasteiger partial charge in [-0.1, -0.05) is 0 Å². The van der Waals surface area contributed by atoms with Crippen molar-refractivity contribution < 1.29 is 27.1 Å². The lowest BCUT2D eigenvalue weighted by molar-refractivity contribution is -0.137. The highest BCUT2D eigenvalue weighted by atomic mass is 19.4. The fraction of sp³-hybridized carbons (Fsp3) is 0.167. The first-order valence-corrected chi connectivity index (χ1v) is 4.97. The van der Waals surface area contributed by atoms with E-state index in [2.05, 4.69) is 0 Å². The zero-order valence-corrected chi connectivity index (χ0v) is 8.91. The van der Waals surface area contributed by atoms with Crippen molar-refractivity contribution in [1.29, 1.82) is 0 Å². The molecule has 2 aromatic rings. The number of rotatable bonds is 2. The fourth-order valence-corrected chi connectivity index (χ4v) is 1.53. The highest BCUT2D eigenvalue weighted by Crippen LogP contribution is 2.33. The van der Waals surface area contributed by atoms with Gasteiger partial charge in [-0.05, 0) is 30.3 Å². The number of alkyl halides is 3. The van der Waals surface area contributed by atoms with Crippen LogP contribution in [-0.2, 0) is 6.18 Å². The molecule has 0 saturated heterocycles. The SMILES string of the molecule is OC(c1ccco1)c1cc(C(F)(F)F)ccc1F. The summed E-state index contributed by atoms with van der Waals surface area (Å²) in [4.78, 5) is 0. The Labute approximate surface area is 99.5 Å². The lowest BCUT2D eigenvalue weighted by atomic mass is 10.0. The summed E-state index contributed by atoms with van der Waals surface area (Å²) in [6.07, 6.45) is -4.92. The van der Waals surface area contributed by atoms with E-state index in [4.69, 9.17) is 4.42 Å². The molecule has 1 N–H and O–H groups in total. The molecular weight excluding hydrogens is 252 g/mol. The topological polar surface area (TPSA) is 33.4 Å². The molecule has 18 heavy (non-hydrogen) atoms. The minimum absolute atomic E-state index is 0.0202. The van der Waals surface area contributed by atoms with Crippen molar-refractivity contribution in [3.8, 4) is 0 Å². The van der Waals surface area contributed by atoms with E-state index in [0.29, 0.717) is 18.2 Å². The zero-order valence-electron chi connectivity index (χ0n) is 8.91. The molecule has 1 aromatic carbocycles. The van der Waals surface area contributed by atoms with Crippen LogP contribution in [0.5, 0.6) is 0 Å². The van der Waals surface area contributed by atoms with E-state index >= 15 is 0 Å². The molecule has 0 amide bonds. The van der Waals surface area contributed by atoms with Crippen LogP contribution in [0, 0.1) is 5.82 Å². The van der Waals surface area contributed by atoms with Crippen molar-refractivity contribution >= 4 is 0 Å². The van der Waals surface area contributed by atoms with Crippen LogP contribution in [0.25, 0.3) is 0 Å². The minimum Gasteiger partial charge on any atom is -0.466 e. The van der Waals surface area contributed by atoms with Gasteiger partial charge in [0.2, 0.25) is 0 Å². The van der Waals surface area contributed by atoms with Crippen molar-refractivity contribution in [3.63, 3.8) is 0 Å². The van der Waals surface area contributed by atoms with E-state index in [-0.39, 0.29) is 5.76 Å². The molecule has 96 valence electrons. The second kappa shape index (κ2) is 4.45. The van der Waals surface area contributed by atoms with Crippen molar-refractivity contribution in [2.45, 2.75) is 12.3 Å². The van der Waals surface area contributed by atoms with Crippen LogP contribution >= 0.6 is 0 Å². The van der Waals surface area contributed by atoms with Gasteiger partial charge in [0.05, 0.1) is 11.8 Å². The van der Waals surface area contributed by atoms with Gasteiger partial charge in [0.1, 0.15) is 17.7 Å². The maximum absolute atomic E-state index is 13.4. The minimum atomic E-state index is -4.59. The Kier molecular flexibility index (Phi) is 3.13. The molecule has 0 saturated carbocycles. The van der Waals surface area contributed by atoms with E-state index in [9.17, 15) is 22.7 Å². The standard InChI is InChI=1S/C12H8F4O2/c13-9-4-3-7(12(14,15)16)6-8(9)11(17)10-2-1-5-18-10/h1-6,11,17H. The predicted molar refractivity (Wildman–Crippen MR) is 54.2 cm³/mol. The summed E-state index contributed by atoms with van der Waals surface area (Å²) in [5.41, 5.74) is -1.50. The lowest BCUT2D eigenvalue weighted by Gasteiger charge is -2.13. The van der Waals surface area contributed by atoms with E-state index in [1.54, 1.807) is 0 Å². The molecule has 0 aliphatic heterocycles. The second-order valence-corrected chi connectivity index (χ2v) is 3.65. The highest BCUT2D eigenvalue weighted by Gasteiger charge is 2.32. The summed E-state index contributed by atoms with van der Waals surface area (Å²) >= 11 is 0. The van der Waals surface area contributed by atoms with Crippen LogP contribution in [0.2, 0.25) is 0 Å². The summed E-state index contributed by atoms with van der Waals surface area (Å²) in [6, 6.07) is 4.66. The predicted octanol–water partition coefficient (Wildman–Crippen LogP) is 3.52. The average Bonchev–Trinajstić information content (AvgIpc) is 2.80. The van der Waals surface area contributed by atoms with E-state index in [1.807, 2.05) is 0 Å². The third kappa shape index (κ3) is 2.38. The molecule has 0 aliphatic carbocycles. The summed E-state index contributed by atoms with van der Waals surface area (Å²) in [5, 5.41) is 9.75. The molecule has 0 spiro atoms. The maximum atomic E-state index is 13.4. The molecule has 1 aromatic heterocycles. The quantitative estimate of drug-likeness (QED) is 0.838. The molecule has 0 bridgehead atoms. The summed E-state index contributed by atoms with van der Waals surface area (Å²) in [6.45, 7) is 0. The molecule has 0 aliphatic rings. The van der Waals surface area contributed by atoms with Crippen LogP contribution in [0.4, 0.5) is 17.6 Å². The Morgan fingerprint density at radius 2 is 1.89 bits per heavy atom. The van der Waals surface area contributed by atoms with Crippen molar-refractivity contribution in [1.82, 2.24) is 0 Å². The smallest absolute Gasteiger partial charge is 0.416 e. The molecule has 0 fully saturated rings. The van der Waals surface area contributed by atoms with E-state index < -0.39 is 29.2 Å². The average molecular weight is 260 g/mol. The summed E-state index contributed by atoms with van der Waals surface area (Å²) in [7, 11) is 0. The van der Waals surface area contributed by atoms with Gasteiger partial charge in [0.15, 0.2) is 0 Å². The largest absolute Gasteiger partial charge is 0.466 e. The van der Waals surface area contributed by atoms with Crippen LogP contribution < -0.4 is 0 Å². The van der Waals surface area contributed by atoms with Crippen LogP contribution in [-0.4, -0.2) is 5.11 Å². The maximum Gasteiger partial charge on any atom is 0.416 e. The molecule has 2 rings (SSSR count). The monoisotopic (exact) mass is 260 g/mol. The van der Waals surface area contributed by atoms with E-state index in [0.717, 1.165) is 0 Å². The lowest BCUT2D eigenvalue weighted by Crippen LogP contribution is -2.09. The van der Waals surface area contributed by atoms with Gasteiger partial charge in [-0.2, -0.15) is 13.2 Å². The molecular formula is C12H8F4O2. The number of aliphatic hydroxyl groups excluding tert-OH is 1. The number of aliphatic hydroxyl groups is 1. The third-order valence-electron chi connectivity index (χ3n) is 2.43. The van der Waals surface area contributed by atoms with Crippen LogP contribution in [0.1, 0.15) is 23.0 Å².